The second-order valence-corrected chi connectivity index (χ2v) is 5.19. The van der Waals surface area contributed by atoms with Crippen LogP contribution in [0, 0.1) is 6.92 Å². The van der Waals surface area contributed by atoms with Crippen LogP contribution in [0.4, 0.5) is 0 Å². The van der Waals surface area contributed by atoms with Crippen LogP contribution < -0.4 is 0 Å². The van der Waals surface area contributed by atoms with Gasteiger partial charge in [0.1, 0.15) is 0 Å². The molecule has 0 unspecified atom stereocenters. The second kappa shape index (κ2) is 4.54. The Morgan fingerprint density at radius 1 is 1.05 bits per heavy atom. The molecular formula is C17H16O2. The Morgan fingerprint density at radius 3 is 2.63 bits per heavy atom. The first-order valence-electron chi connectivity index (χ1n) is 6.61. The predicted octanol–water partition coefficient (Wildman–Crippen LogP) is 3.85. The summed E-state index contributed by atoms with van der Waals surface area (Å²) >= 11 is 0. The van der Waals surface area contributed by atoms with Crippen LogP contribution in [0.2, 0.25) is 0 Å². The summed E-state index contributed by atoms with van der Waals surface area (Å²) in [4.78, 5) is 11.4. The van der Waals surface area contributed by atoms with Gasteiger partial charge in [0, 0.05) is 0 Å². The zero-order chi connectivity index (χ0) is 13.4. The van der Waals surface area contributed by atoms with Crippen molar-refractivity contribution in [2.75, 3.05) is 0 Å². The van der Waals surface area contributed by atoms with Gasteiger partial charge in [-0.3, -0.25) is 0 Å². The molecule has 2 nitrogen and oxygen atoms in total. The van der Waals surface area contributed by atoms with Crippen LogP contribution >= 0.6 is 0 Å². The van der Waals surface area contributed by atoms with Crippen molar-refractivity contribution < 1.29 is 9.90 Å². The molecule has 0 atom stereocenters. The van der Waals surface area contributed by atoms with Crippen LogP contribution in [-0.2, 0) is 12.8 Å². The summed E-state index contributed by atoms with van der Waals surface area (Å²) < 4.78 is 0. The minimum Gasteiger partial charge on any atom is -0.478 e. The largest absolute Gasteiger partial charge is 0.478 e. The van der Waals surface area contributed by atoms with Crippen molar-refractivity contribution in [3.05, 3.63) is 58.7 Å². The molecule has 1 aliphatic rings. The number of hydrogen-bond acceptors (Lipinski definition) is 1. The fraction of sp³-hybridized carbons (Fsp3) is 0.235. The molecule has 0 fully saturated rings. The molecule has 19 heavy (non-hydrogen) atoms. The topological polar surface area (TPSA) is 37.3 Å². The third-order valence-corrected chi connectivity index (χ3v) is 3.81. The van der Waals surface area contributed by atoms with Crippen LogP contribution in [-0.4, -0.2) is 11.1 Å². The van der Waals surface area contributed by atoms with Gasteiger partial charge in [-0.1, -0.05) is 35.9 Å². The van der Waals surface area contributed by atoms with Crippen molar-refractivity contribution in [2.45, 2.75) is 26.2 Å². The molecule has 2 heteroatoms. The van der Waals surface area contributed by atoms with Gasteiger partial charge in [-0.15, -0.1) is 0 Å². The van der Waals surface area contributed by atoms with Gasteiger partial charge < -0.3 is 5.11 Å². The quantitative estimate of drug-likeness (QED) is 0.881. The van der Waals surface area contributed by atoms with Crippen LogP contribution in [0.1, 0.15) is 33.5 Å². The normalized spacial score (nSPS) is 13.3. The minimum atomic E-state index is -0.862. The zero-order valence-corrected chi connectivity index (χ0v) is 10.9. The first-order valence-corrected chi connectivity index (χ1v) is 6.61. The van der Waals surface area contributed by atoms with E-state index in [1.165, 1.54) is 17.5 Å². The maximum atomic E-state index is 11.4. The Balaban J connectivity index is 2.14. The minimum absolute atomic E-state index is 0.387. The van der Waals surface area contributed by atoms with Crippen LogP contribution in [0.15, 0.2) is 36.4 Å². The molecule has 0 radical (unpaired) electrons. The lowest BCUT2D eigenvalue weighted by molar-refractivity contribution is 0.0697. The van der Waals surface area contributed by atoms with Crippen LogP contribution in [0.3, 0.4) is 0 Å². The Labute approximate surface area is 112 Å². The number of benzene rings is 2. The lowest BCUT2D eigenvalue weighted by Crippen LogP contribution is -2.00. The summed E-state index contributed by atoms with van der Waals surface area (Å²) in [7, 11) is 0. The van der Waals surface area contributed by atoms with Crippen molar-refractivity contribution in [3.8, 4) is 11.1 Å². The van der Waals surface area contributed by atoms with Gasteiger partial charge in [-0.05, 0) is 54.5 Å². The van der Waals surface area contributed by atoms with E-state index >= 15 is 0 Å². The average molecular weight is 252 g/mol. The van der Waals surface area contributed by atoms with Gasteiger partial charge in [0.15, 0.2) is 0 Å². The van der Waals surface area contributed by atoms with E-state index in [2.05, 4.69) is 12.1 Å². The average Bonchev–Trinajstić information content (AvgIpc) is 2.85. The third kappa shape index (κ3) is 2.14. The summed E-state index contributed by atoms with van der Waals surface area (Å²) in [6.07, 6.45) is 3.46. The van der Waals surface area contributed by atoms with Gasteiger partial charge in [-0.2, -0.15) is 0 Å². The number of rotatable bonds is 2. The molecule has 0 aliphatic heterocycles. The molecule has 2 aromatic carbocycles. The highest BCUT2D eigenvalue weighted by Crippen LogP contribution is 2.30. The molecular weight excluding hydrogens is 236 g/mol. The van der Waals surface area contributed by atoms with E-state index in [0.29, 0.717) is 5.56 Å². The molecule has 96 valence electrons. The van der Waals surface area contributed by atoms with Crippen molar-refractivity contribution in [1.29, 1.82) is 0 Å². The zero-order valence-electron chi connectivity index (χ0n) is 10.9. The number of aryl methyl sites for hydroxylation is 3. The third-order valence-electron chi connectivity index (χ3n) is 3.81. The van der Waals surface area contributed by atoms with Crippen molar-refractivity contribution in [3.63, 3.8) is 0 Å². The van der Waals surface area contributed by atoms with Crippen molar-refractivity contribution >= 4 is 5.97 Å². The Morgan fingerprint density at radius 2 is 1.84 bits per heavy atom. The highest BCUT2D eigenvalue weighted by Gasteiger charge is 2.15. The molecule has 0 saturated heterocycles. The van der Waals surface area contributed by atoms with E-state index in [-0.39, 0.29) is 0 Å². The van der Waals surface area contributed by atoms with E-state index < -0.39 is 5.97 Å². The summed E-state index contributed by atoms with van der Waals surface area (Å²) in [5.74, 6) is -0.862. The van der Waals surface area contributed by atoms with Gasteiger partial charge in [0.25, 0.3) is 0 Å². The smallest absolute Gasteiger partial charge is 0.336 e. The summed E-state index contributed by atoms with van der Waals surface area (Å²) in [6.45, 7) is 1.92. The first kappa shape index (κ1) is 12.0. The van der Waals surface area contributed by atoms with Crippen LogP contribution in [0.25, 0.3) is 11.1 Å². The van der Waals surface area contributed by atoms with Gasteiger partial charge >= 0.3 is 5.97 Å². The number of carbonyl (C=O) groups is 1. The monoisotopic (exact) mass is 252 g/mol. The second-order valence-electron chi connectivity index (χ2n) is 5.19. The number of hydrogen-bond donors (Lipinski definition) is 1. The van der Waals surface area contributed by atoms with E-state index in [4.69, 9.17) is 0 Å². The fourth-order valence-electron chi connectivity index (χ4n) is 2.83. The molecule has 0 saturated carbocycles. The standard InChI is InChI=1S/C17H16O2/c1-11-5-8-15(16(9-11)17(18)19)14-7-6-12-3-2-4-13(12)10-14/h5-10H,2-4H2,1H3,(H,18,19). The Hall–Kier alpha value is -2.09. The summed E-state index contributed by atoms with van der Waals surface area (Å²) in [6, 6.07) is 12.0. The van der Waals surface area contributed by atoms with Crippen molar-refractivity contribution in [1.82, 2.24) is 0 Å². The SMILES string of the molecule is Cc1ccc(-c2ccc3c(c2)CCC3)c(C(=O)O)c1. The molecule has 0 amide bonds. The maximum Gasteiger partial charge on any atom is 0.336 e. The predicted molar refractivity (Wildman–Crippen MR) is 75.6 cm³/mol. The van der Waals surface area contributed by atoms with E-state index in [1.54, 1.807) is 6.07 Å². The molecule has 0 bridgehead atoms. The van der Waals surface area contributed by atoms with Gasteiger partial charge in [0.2, 0.25) is 0 Å². The summed E-state index contributed by atoms with van der Waals surface area (Å²) in [5, 5.41) is 9.34. The highest BCUT2D eigenvalue weighted by atomic mass is 16.4. The first-order chi connectivity index (χ1) is 9.15. The number of fused-ring (bicyclic) bond motifs is 1. The number of aromatic carboxylic acids is 1. The lowest BCUT2D eigenvalue weighted by atomic mass is 9.95. The van der Waals surface area contributed by atoms with Gasteiger partial charge in [-0.25, -0.2) is 4.79 Å². The number of carboxylic acid groups (broad SMARTS) is 1. The molecule has 1 aliphatic carbocycles. The van der Waals surface area contributed by atoms with Crippen LogP contribution in [0.5, 0.6) is 0 Å². The Bertz CT molecular complexity index is 656. The number of carboxylic acids is 1. The van der Waals surface area contributed by atoms with Gasteiger partial charge in [0.05, 0.1) is 5.56 Å². The molecule has 0 spiro atoms. The highest BCUT2D eigenvalue weighted by molar-refractivity contribution is 5.96. The molecule has 3 rings (SSSR count). The molecule has 0 aromatic heterocycles. The van der Waals surface area contributed by atoms with E-state index in [1.807, 2.05) is 25.1 Å². The summed E-state index contributed by atoms with van der Waals surface area (Å²) in [5.41, 5.74) is 5.97. The van der Waals surface area contributed by atoms with Crippen molar-refractivity contribution in [2.24, 2.45) is 0 Å². The van der Waals surface area contributed by atoms with E-state index in [0.717, 1.165) is 29.5 Å². The lowest BCUT2D eigenvalue weighted by Gasteiger charge is -2.09. The molecule has 2 aromatic rings. The Kier molecular flexibility index (Phi) is 2.86. The maximum absolute atomic E-state index is 11.4. The molecule has 1 N–H and O–H groups in total. The molecule has 0 heterocycles. The fourth-order valence-corrected chi connectivity index (χ4v) is 2.83. The van der Waals surface area contributed by atoms with E-state index in [9.17, 15) is 9.90 Å².